The Bertz CT molecular complexity index is 683. The predicted octanol–water partition coefficient (Wildman–Crippen LogP) is 3.59. The van der Waals surface area contributed by atoms with Gasteiger partial charge in [-0.05, 0) is 31.0 Å². The van der Waals surface area contributed by atoms with E-state index in [1.807, 2.05) is 12.1 Å². The lowest BCUT2D eigenvalue weighted by atomic mass is 10.1. The molecule has 1 N–H and O–H groups in total. The molecule has 2 heterocycles. The highest BCUT2D eigenvalue weighted by Crippen LogP contribution is 2.26. The van der Waals surface area contributed by atoms with Crippen molar-refractivity contribution >= 4 is 28.9 Å². The molecular formula is C18H24ClN5. The van der Waals surface area contributed by atoms with E-state index in [0.717, 1.165) is 55.8 Å². The van der Waals surface area contributed by atoms with Gasteiger partial charge in [-0.3, -0.25) is 0 Å². The van der Waals surface area contributed by atoms with Crippen LogP contribution in [0.25, 0.3) is 0 Å². The average Bonchev–Trinajstić information content (AvgIpc) is 2.62. The summed E-state index contributed by atoms with van der Waals surface area (Å²) in [6.45, 7) is 9.01. The molecule has 0 atom stereocenters. The summed E-state index contributed by atoms with van der Waals surface area (Å²) in [5, 5.41) is 4.11. The summed E-state index contributed by atoms with van der Waals surface area (Å²) in [6, 6.07) is 8.13. The lowest BCUT2D eigenvalue weighted by Crippen LogP contribution is -2.47. The van der Waals surface area contributed by atoms with Gasteiger partial charge in [-0.1, -0.05) is 24.6 Å². The highest BCUT2D eigenvalue weighted by Gasteiger charge is 2.20. The fraction of sp³-hybridized carbons (Fsp3) is 0.444. The molecular weight excluding hydrogens is 322 g/mol. The standard InChI is InChI=1S/C18H24ClN5/c1-3-6-20-17-12-18(22-13-21-17)24-9-7-23(8-10-24)16-11-15(19)5-4-14(16)2/h4-5,11-13H,3,6-10H2,1-2H3,(H,20,21,22). The van der Waals surface area contributed by atoms with Crippen LogP contribution in [0.1, 0.15) is 18.9 Å². The minimum atomic E-state index is 0.792. The maximum absolute atomic E-state index is 6.16. The maximum atomic E-state index is 6.16. The van der Waals surface area contributed by atoms with Crippen molar-refractivity contribution in [3.63, 3.8) is 0 Å². The quantitative estimate of drug-likeness (QED) is 0.897. The largest absolute Gasteiger partial charge is 0.370 e. The van der Waals surface area contributed by atoms with Gasteiger partial charge >= 0.3 is 0 Å². The smallest absolute Gasteiger partial charge is 0.134 e. The van der Waals surface area contributed by atoms with Crippen LogP contribution in [0.3, 0.4) is 0 Å². The van der Waals surface area contributed by atoms with E-state index in [-0.39, 0.29) is 0 Å². The van der Waals surface area contributed by atoms with Crippen molar-refractivity contribution in [1.29, 1.82) is 0 Å². The summed E-state index contributed by atoms with van der Waals surface area (Å²) in [5.41, 5.74) is 2.50. The fourth-order valence-electron chi connectivity index (χ4n) is 2.97. The van der Waals surface area contributed by atoms with Crippen LogP contribution in [0.2, 0.25) is 5.02 Å². The van der Waals surface area contributed by atoms with Gasteiger partial charge in [0.2, 0.25) is 0 Å². The van der Waals surface area contributed by atoms with Crippen molar-refractivity contribution in [2.75, 3.05) is 47.8 Å². The lowest BCUT2D eigenvalue weighted by molar-refractivity contribution is 0.646. The highest BCUT2D eigenvalue weighted by atomic mass is 35.5. The van der Waals surface area contributed by atoms with Crippen LogP contribution < -0.4 is 15.1 Å². The predicted molar refractivity (Wildman–Crippen MR) is 101 cm³/mol. The van der Waals surface area contributed by atoms with E-state index in [4.69, 9.17) is 11.6 Å². The molecule has 1 saturated heterocycles. The first kappa shape index (κ1) is 16.8. The summed E-state index contributed by atoms with van der Waals surface area (Å²) in [5.74, 6) is 1.89. The molecule has 1 aliphatic rings. The normalized spacial score (nSPS) is 14.8. The van der Waals surface area contributed by atoms with E-state index < -0.39 is 0 Å². The first-order chi connectivity index (χ1) is 11.7. The molecule has 1 aliphatic heterocycles. The van der Waals surface area contributed by atoms with E-state index in [1.54, 1.807) is 6.33 Å². The van der Waals surface area contributed by atoms with Crippen LogP contribution in [0, 0.1) is 6.92 Å². The number of piperazine rings is 1. The second kappa shape index (κ2) is 7.71. The Morgan fingerprint density at radius 1 is 1.08 bits per heavy atom. The van der Waals surface area contributed by atoms with Crippen molar-refractivity contribution in [2.24, 2.45) is 0 Å². The first-order valence-electron chi connectivity index (χ1n) is 8.49. The zero-order valence-corrected chi connectivity index (χ0v) is 15.1. The number of hydrogen-bond donors (Lipinski definition) is 1. The SMILES string of the molecule is CCCNc1cc(N2CCN(c3cc(Cl)ccc3C)CC2)ncn1. The number of benzene rings is 1. The Hall–Kier alpha value is -2.01. The molecule has 1 aromatic heterocycles. The molecule has 3 rings (SSSR count). The summed E-state index contributed by atoms with van der Waals surface area (Å²) >= 11 is 6.16. The number of nitrogens with one attached hydrogen (secondary N) is 1. The van der Waals surface area contributed by atoms with Gasteiger partial charge in [0.15, 0.2) is 0 Å². The summed E-state index contributed by atoms with van der Waals surface area (Å²) in [4.78, 5) is 13.4. The number of nitrogens with zero attached hydrogens (tertiary/aromatic N) is 4. The average molecular weight is 346 g/mol. The lowest BCUT2D eigenvalue weighted by Gasteiger charge is -2.37. The van der Waals surface area contributed by atoms with E-state index in [2.05, 4.69) is 51.1 Å². The number of rotatable bonds is 5. The van der Waals surface area contributed by atoms with Crippen LogP contribution in [0.15, 0.2) is 30.6 Å². The molecule has 1 fully saturated rings. The maximum Gasteiger partial charge on any atom is 0.134 e. The van der Waals surface area contributed by atoms with E-state index in [1.165, 1.54) is 11.3 Å². The van der Waals surface area contributed by atoms with Crippen LogP contribution in [-0.4, -0.2) is 42.7 Å². The Morgan fingerprint density at radius 2 is 1.83 bits per heavy atom. The molecule has 0 saturated carbocycles. The number of hydrogen-bond acceptors (Lipinski definition) is 5. The Labute approximate surface area is 148 Å². The van der Waals surface area contributed by atoms with Crippen molar-refractivity contribution in [1.82, 2.24) is 9.97 Å². The molecule has 24 heavy (non-hydrogen) atoms. The molecule has 0 radical (unpaired) electrons. The summed E-state index contributed by atoms with van der Waals surface area (Å²) < 4.78 is 0. The Morgan fingerprint density at radius 3 is 2.58 bits per heavy atom. The number of anilines is 3. The van der Waals surface area contributed by atoms with Crippen LogP contribution in [0.5, 0.6) is 0 Å². The van der Waals surface area contributed by atoms with Gasteiger partial charge in [0.1, 0.15) is 18.0 Å². The zero-order valence-electron chi connectivity index (χ0n) is 14.3. The zero-order chi connectivity index (χ0) is 16.9. The van der Waals surface area contributed by atoms with Gasteiger partial charge in [0, 0.05) is 49.5 Å². The minimum absolute atomic E-state index is 0.792. The van der Waals surface area contributed by atoms with Crippen molar-refractivity contribution in [3.05, 3.63) is 41.2 Å². The van der Waals surface area contributed by atoms with E-state index in [9.17, 15) is 0 Å². The third-order valence-electron chi connectivity index (χ3n) is 4.32. The van der Waals surface area contributed by atoms with E-state index >= 15 is 0 Å². The van der Waals surface area contributed by atoms with E-state index in [0.29, 0.717) is 0 Å². The third kappa shape index (κ3) is 3.90. The van der Waals surface area contributed by atoms with Gasteiger partial charge in [0.25, 0.3) is 0 Å². The molecule has 0 spiro atoms. The van der Waals surface area contributed by atoms with Gasteiger partial charge in [-0.25, -0.2) is 9.97 Å². The summed E-state index contributed by atoms with van der Waals surface area (Å²) in [6.07, 6.45) is 2.72. The first-order valence-corrected chi connectivity index (χ1v) is 8.87. The summed E-state index contributed by atoms with van der Waals surface area (Å²) in [7, 11) is 0. The Kier molecular flexibility index (Phi) is 5.41. The monoisotopic (exact) mass is 345 g/mol. The van der Waals surface area contributed by atoms with Crippen LogP contribution >= 0.6 is 11.6 Å². The number of halogens is 1. The van der Waals surface area contributed by atoms with Gasteiger partial charge in [0.05, 0.1) is 0 Å². The molecule has 2 aromatic rings. The van der Waals surface area contributed by atoms with Gasteiger partial charge in [-0.15, -0.1) is 0 Å². The fourth-order valence-corrected chi connectivity index (χ4v) is 3.14. The van der Waals surface area contributed by atoms with Gasteiger partial charge < -0.3 is 15.1 Å². The number of aromatic nitrogens is 2. The van der Waals surface area contributed by atoms with Crippen LogP contribution in [-0.2, 0) is 0 Å². The van der Waals surface area contributed by atoms with Crippen molar-refractivity contribution in [2.45, 2.75) is 20.3 Å². The van der Waals surface area contributed by atoms with Crippen LogP contribution in [0.4, 0.5) is 17.3 Å². The third-order valence-corrected chi connectivity index (χ3v) is 4.56. The molecule has 0 aliphatic carbocycles. The molecule has 0 bridgehead atoms. The van der Waals surface area contributed by atoms with Gasteiger partial charge in [-0.2, -0.15) is 0 Å². The molecule has 128 valence electrons. The molecule has 0 unspecified atom stereocenters. The van der Waals surface area contributed by atoms with Crippen molar-refractivity contribution < 1.29 is 0 Å². The molecule has 6 heteroatoms. The van der Waals surface area contributed by atoms with Crippen molar-refractivity contribution in [3.8, 4) is 0 Å². The second-order valence-electron chi connectivity index (χ2n) is 6.09. The Balaban J connectivity index is 1.65. The number of aryl methyl sites for hydroxylation is 1. The minimum Gasteiger partial charge on any atom is -0.370 e. The topological polar surface area (TPSA) is 44.3 Å². The molecule has 1 aromatic carbocycles. The molecule has 0 amide bonds. The molecule has 5 nitrogen and oxygen atoms in total. The highest BCUT2D eigenvalue weighted by molar-refractivity contribution is 6.30. The second-order valence-corrected chi connectivity index (χ2v) is 6.53.